The lowest BCUT2D eigenvalue weighted by molar-refractivity contribution is 0.0951. The largest absolute Gasteiger partial charge is 0.370 e. The number of benzene rings is 2. The normalized spacial score (nSPS) is 14.1. The summed E-state index contributed by atoms with van der Waals surface area (Å²) in [5.41, 5.74) is 2.35. The van der Waals surface area contributed by atoms with Crippen LogP contribution < -0.4 is 20.9 Å². The number of hydrogen-bond donors (Lipinski definition) is 3. The fraction of sp³-hybridized carbons (Fsp3) is 0.333. The summed E-state index contributed by atoms with van der Waals surface area (Å²) in [6.07, 6.45) is 2.09. The van der Waals surface area contributed by atoms with E-state index >= 15 is 0 Å². The summed E-state index contributed by atoms with van der Waals surface area (Å²) in [6.45, 7) is 2.60. The van der Waals surface area contributed by atoms with Gasteiger partial charge in [0.1, 0.15) is 0 Å². The van der Waals surface area contributed by atoms with Crippen molar-refractivity contribution in [3.05, 3.63) is 60.2 Å². The van der Waals surface area contributed by atoms with Crippen molar-refractivity contribution >= 4 is 23.3 Å². The third-order valence-corrected chi connectivity index (χ3v) is 4.70. The van der Waals surface area contributed by atoms with Gasteiger partial charge >= 0.3 is 6.03 Å². The number of amides is 3. The van der Waals surface area contributed by atoms with Gasteiger partial charge in [0.25, 0.3) is 5.91 Å². The van der Waals surface area contributed by atoms with Gasteiger partial charge in [0.2, 0.25) is 0 Å². The van der Waals surface area contributed by atoms with Crippen molar-refractivity contribution in [1.29, 1.82) is 0 Å². The van der Waals surface area contributed by atoms with Gasteiger partial charge in [-0.05, 0) is 56.2 Å². The smallest absolute Gasteiger partial charge is 0.319 e. The fourth-order valence-electron chi connectivity index (χ4n) is 2.68. The van der Waals surface area contributed by atoms with E-state index in [-0.39, 0.29) is 18.0 Å². The van der Waals surface area contributed by atoms with Crippen LogP contribution in [0.15, 0.2) is 54.6 Å². The van der Waals surface area contributed by atoms with Crippen molar-refractivity contribution in [3.8, 4) is 0 Å². The minimum Gasteiger partial charge on any atom is -0.370 e. The molecule has 0 spiro atoms. The van der Waals surface area contributed by atoms with Crippen LogP contribution in [0.5, 0.6) is 0 Å². The first-order valence-electron chi connectivity index (χ1n) is 9.26. The Morgan fingerprint density at radius 3 is 2.37 bits per heavy atom. The summed E-state index contributed by atoms with van der Waals surface area (Å²) in [6, 6.07) is 17.2. The van der Waals surface area contributed by atoms with Crippen LogP contribution in [0, 0.1) is 0 Å². The molecule has 2 aromatic carbocycles. The van der Waals surface area contributed by atoms with Crippen LogP contribution in [-0.2, 0) is 0 Å². The van der Waals surface area contributed by atoms with Crippen molar-refractivity contribution in [3.63, 3.8) is 0 Å². The number of urea groups is 1. The van der Waals surface area contributed by atoms with Gasteiger partial charge in [-0.3, -0.25) is 4.79 Å². The Balaban J connectivity index is 1.48. The molecule has 3 N–H and O–H groups in total. The maximum absolute atomic E-state index is 12.4. The number of hydrogen-bond acceptors (Lipinski definition) is 3. The third kappa shape index (κ3) is 5.48. The molecule has 1 atom stereocenters. The Morgan fingerprint density at radius 1 is 1.07 bits per heavy atom. The van der Waals surface area contributed by atoms with Crippen LogP contribution in [0.25, 0.3) is 0 Å². The van der Waals surface area contributed by atoms with E-state index in [1.807, 2.05) is 37.4 Å². The average molecular weight is 366 g/mol. The second-order valence-electron chi connectivity index (χ2n) is 6.96. The van der Waals surface area contributed by atoms with Gasteiger partial charge in [-0.1, -0.05) is 18.2 Å². The lowest BCUT2D eigenvalue weighted by atomic mass is 10.2. The van der Waals surface area contributed by atoms with E-state index in [2.05, 4.69) is 27.8 Å². The lowest BCUT2D eigenvalue weighted by Crippen LogP contribution is -2.40. The first kappa shape index (κ1) is 18.8. The highest BCUT2D eigenvalue weighted by atomic mass is 16.2. The van der Waals surface area contributed by atoms with Crippen LogP contribution in [-0.4, -0.2) is 37.6 Å². The van der Waals surface area contributed by atoms with Gasteiger partial charge in [0.05, 0.1) is 0 Å². The minimum absolute atomic E-state index is 0.128. The average Bonchev–Trinajstić information content (AvgIpc) is 3.50. The molecule has 1 aliphatic rings. The molecular formula is C21H26N4O2. The van der Waals surface area contributed by atoms with E-state index in [0.717, 1.165) is 18.5 Å². The molecule has 0 saturated heterocycles. The minimum atomic E-state index is -0.201. The highest BCUT2D eigenvalue weighted by molar-refractivity contribution is 5.95. The lowest BCUT2D eigenvalue weighted by Gasteiger charge is -2.27. The van der Waals surface area contributed by atoms with E-state index in [9.17, 15) is 9.59 Å². The summed E-state index contributed by atoms with van der Waals surface area (Å²) in [5, 5.41) is 8.60. The number of anilines is 2. The number of carbonyl (C=O) groups excluding carboxylic acids is 2. The summed E-state index contributed by atoms with van der Waals surface area (Å²) in [5.74, 6) is -0.128. The number of likely N-dealkylation sites (N-methyl/N-ethyl adjacent to an activating group) is 1. The molecule has 1 fully saturated rings. The molecule has 0 radical (unpaired) electrons. The molecule has 0 aliphatic heterocycles. The van der Waals surface area contributed by atoms with Gasteiger partial charge in [-0.25, -0.2) is 4.79 Å². The predicted octanol–water partition coefficient (Wildman–Crippen LogP) is 3.23. The van der Waals surface area contributed by atoms with Crippen molar-refractivity contribution in [2.45, 2.75) is 31.8 Å². The van der Waals surface area contributed by atoms with E-state index in [1.165, 1.54) is 0 Å². The van der Waals surface area contributed by atoms with Gasteiger partial charge in [0.15, 0.2) is 0 Å². The number of para-hydroxylation sites is 1. The van der Waals surface area contributed by atoms with E-state index in [4.69, 9.17) is 0 Å². The molecule has 1 saturated carbocycles. The van der Waals surface area contributed by atoms with Crippen LogP contribution in [0.3, 0.4) is 0 Å². The number of rotatable bonds is 7. The van der Waals surface area contributed by atoms with Gasteiger partial charge in [-0.15, -0.1) is 0 Å². The Bertz CT molecular complexity index is 773. The van der Waals surface area contributed by atoms with E-state index in [1.54, 1.807) is 24.3 Å². The first-order chi connectivity index (χ1) is 13.0. The molecule has 3 rings (SSSR count). The third-order valence-electron chi connectivity index (χ3n) is 4.70. The molecule has 6 heteroatoms. The zero-order chi connectivity index (χ0) is 19.2. The van der Waals surface area contributed by atoms with Crippen molar-refractivity contribution in [2.24, 2.45) is 0 Å². The van der Waals surface area contributed by atoms with Crippen molar-refractivity contribution in [2.75, 3.05) is 23.8 Å². The molecule has 0 bridgehead atoms. The van der Waals surface area contributed by atoms with Crippen LogP contribution in [0.2, 0.25) is 0 Å². The second kappa shape index (κ2) is 8.58. The maximum Gasteiger partial charge on any atom is 0.319 e. The summed E-state index contributed by atoms with van der Waals surface area (Å²) >= 11 is 0. The summed E-state index contributed by atoms with van der Waals surface area (Å²) in [4.78, 5) is 26.2. The molecule has 27 heavy (non-hydrogen) atoms. The first-order valence-corrected chi connectivity index (χ1v) is 9.26. The molecule has 0 unspecified atom stereocenters. The Morgan fingerprint density at radius 2 is 1.74 bits per heavy atom. The second-order valence-corrected chi connectivity index (χ2v) is 6.96. The number of nitrogens with zero attached hydrogens (tertiary/aromatic N) is 1. The topological polar surface area (TPSA) is 73.5 Å². The van der Waals surface area contributed by atoms with Crippen LogP contribution in [0.1, 0.15) is 30.1 Å². The summed E-state index contributed by atoms with van der Waals surface area (Å²) in [7, 11) is 2.01. The van der Waals surface area contributed by atoms with E-state index in [0.29, 0.717) is 23.8 Å². The zero-order valence-corrected chi connectivity index (χ0v) is 15.7. The SMILES string of the molecule is C[C@H](CNC(=O)c1ccc(NC(=O)NC2CC2)cc1)N(C)c1ccccc1. The predicted molar refractivity (Wildman–Crippen MR) is 108 cm³/mol. The molecule has 1 aliphatic carbocycles. The molecular weight excluding hydrogens is 340 g/mol. The zero-order valence-electron chi connectivity index (χ0n) is 15.7. The van der Waals surface area contributed by atoms with Crippen molar-refractivity contribution in [1.82, 2.24) is 10.6 Å². The Kier molecular flexibility index (Phi) is 5.96. The molecule has 0 aromatic heterocycles. The fourth-order valence-corrected chi connectivity index (χ4v) is 2.68. The molecule has 142 valence electrons. The van der Waals surface area contributed by atoms with Crippen LogP contribution in [0.4, 0.5) is 16.2 Å². The number of carbonyl (C=O) groups is 2. The summed E-state index contributed by atoms with van der Waals surface area (Å²) < 4.78 is 0. The quantitative estimate of drug-likeness (QED) is 0.704. The van der Waals surface area contributed by atoms with Crippen LogP contribution >= 0.6 is 0 Å². The van der Waals surface area contributed by atoms with Gasteiger partial charge < -0.3 is 20.9 Å². The Labute approximate surface area is 159 Å². The molecule has 3 amide bonds. The highest BCUT2D eigenvalue weighted by Gasteiger charge is 2.23. The number of nitrogens with one attached hydrogen (secondary N) is 3. The molecule has 6 nitrogen and oxygen atoms in total. The van der Waals surface area contributed by atoms with E-state index < -0.39 is 0 Å². The standard InChI is InChI=1S/C21H26N4O2/c1-15(25(2)19-6-4-3-5-7-19)14-22-20(26)16-8-10-17(11-9-16)23-21(27)24-18-12-13-18/h3-11,15,18H,12-14H2,1-2H3,(H,22,26)(H2,23,24,27)/t15-/m1/s1. The monoisotopic (exact) mass is 366 g/mol. The maximum atomic E-state index is 12.4. The highest BCUT2D eigenvalue weighted by Crippen LogP contribution is 2.19. The molecule has 0 heterocycles. The van der Waals surface area contributed by atoms with Gasteiger partial charge in [-0.2, -0.15) is 0 Å². The van der Waals surface area contributed by atoms with Gasteiger partial charge in [0, 0.05) is 42.6 Å². The van der Waals surface area contributed by atoms with Crippen molar-refractivity contribution < 1.29 is 9.59 Å². The Hall–Kier alpha value is -3.02. The molecule has 2 aromatic rings.